The Morgan fingerprint density at radius 2 is 1.93 bits per heavy atom. The van der Waals surface area contributed by atoms with Crippen LogP contribution in [0.2, 0.25) is 0 Å². The molecule has 1 aromatic carbocycles. The molecule has 3 aromatic rings. The molecule has 0 atom stereocenters. The molecule has 0 bridgehead atoms. The number of pyridine rings is 1. The monoisotopic (exact) mass is 376 g/mol. The summed E-state index contributed by atoms with van der Waals surface area (Å²) < 4.78 is 7.41. The van der Waals surface area contributed by atoms with Crippen molar-refractivity contribution in [2.24, 2.45) is 0 Å². The van der Waals surface area contributed by atoms with Crippen LogP contribution in [0.4, 0.5) is 0 Å². The van der Waals surface area contributed by atoms with Gasteiger partial charge < -0.3 is 10.1 Å². The summed E-state index contributed by atoms with van der Waals surface area (Å²) in [6, 6.07) is 13.7. The molecule has 28 heavy (non-hydrogen) atoms. The Kier molecular flexibility index (Phi) is 5.37. The fourth-order valence-electron chi connectivity index (χ4n) is 3.80. The number of para-hydroxylation sites is 1. The number of carbonyl (C=O) groups is 1. The van der Waals surface area contributed by atoms with Crippen molar-refractivity contribution in [3.63, 3.8) is 0 Å². The standard InChI is InChI=1S/C22H24N4O2/c1-28-21-9-5-4-8-19(21)22(27)24-15-17-14-20(16-10-12-23-13-11-16)26(25-17)18-6-2-3-7-18/h4-5,8-14,18H,2-3,6-7,15H2,1H3,(H,24,27). The van der Waals surface area contributed by atoms with Gasteiger partial charge in [0.2, 0.25) is 0 Å². The Hall–Kier alpha value is -3.15. The second kappa shape index (κ2) is 8.25. The number of aromatic nitrogens is 3. The molecular formula is C22H24N4O2. The van der Waals surface area contributed by atoms with Crippen molar-refractivity contribution in [3.8, 4) is 17.0 Å². The SMILES string of the molecule is COc1ccccc1C(=O)NCc1cc(-c2ccncc2)n(C2CCCC2)n1. The second-order valence-electron chi connectivity index (χ2n) is 7.02. The third-order valence-corrected chi connectivity index (χ3v) is 5.21. The number of ether oxygens (including phenoxy) is 1. The van der Waals surface area contributed by atoms with Gasteiger partial charge in [-0.15, -0.1) is 0 Å². The van der Waals surface area contributed by atoms with E-state index in [-0.39, 0.29) is 5.91 Å². The molecule has 0 aliphatic heterocycles. The highest BCUT2D eigenvalue weighted by atomic mass is 16.5. The van der Waals surface area contributed by atoms with E-state index in [1.54, 1.807) is 31.6 Å². The van der Waals surface area contributed by atoms with Crippen molar-refractivity contribution in [1.29, 1.82) is 0 Å². The molecule has 6 nitrogen and oxygen atoms in total. The normalized spacial score (nSPS) is 14.2. The summed E-state index contributed by atoms with van der Waals surface area (Å²) in [4.78, 5) is 16.7. The number of carbonyl (C=O) groups excluding carboxylic acids is 1. The zero-order valence-corrected chi connectivity index (χ0v) is 16.0. The second-order valence-corrected chi connectivity index (χ2v) is 7.02. The molecule has 144 valence electrons. The number of hydrogen-bond acceptors (Lipinski definition) is 4. The van der Waals surface area contributed by atoms with Crippen molar-refractivity contribution in [3.05, 3.63) is 66.1 Å². The molecule has 1 saturated carbocycles. The van der Waals surface area contributed by atoms with Crippen LogP contribution >= 0.6 is 0 Å². The van der Waals surface area contributed by atoms with Crippen molar-refractivity contribution < 1.29 is 9.53 Å². The molecule has 4 rings (SSSR count). The molecule has 1 aliphatic carbocycles. The van der Waals surface area contributed by atoms with Crippen LogP contribution < -0.4 is 10.1 Å². The number of nitrogens with one attached hydrogen (secondary N) is 1. The van der Waals surface area contributed by atoms with Crippen LogP contribution in [0, 0.1) is 0 Å². The molecule has 1 amide bonds. The van der Waals surface area contributed by atoms with Gasteiger partial charge in [0.15, 0.2) is 0 Å². The molecule has 2 aromatic heterocycles. The van der Waals surface area contributed by atoms with Crippen LogP contribution in [0.3, 0.4) is 0 Å². The lowest BCUT2D eigenvalue weighted by atomic mass is 10.1. The van der Waals surface area contributed by atoms with Crippen LogP contribution in [0.5, 0.6) is 5.75 Å². The summed E-state index contributed by atoms with van der Waals surface area (Å²) in [5, 5.41) is 7.79. The summed E-state index contributed by atoms with van der Waals surface area (Å²) >= 11 is 0. The fourth-order valence-corrected chi connectivity index (χ4v) is 3.80. The van der Waals surface area contributed by atoms with E-state index in [0.717, 1.165) is 29.8 Å². The zero-order chi connectivity index (χ0) is 19.3. The topological polar surface area (TPSA) is 69.0 Å². The first-order valence-corrected chi connectivity index (χ1v) is 9.66. The minimum atomic E-state index is -0.168. The highest BCUT2D eigenvalue weighted by molar-refractivity contribution is 5.96. The Balaban J connectivity index is 1.56. The van der Waals surface area contributed by atoms with Gasteiger partial charge in [-0.2, -0.15) is 5.10 Å². The molecule has 1 N–H and O–H groups in total. The van der Waals surface area contributed by atoms with Gasteiger partial charge in [0, 0.05) is 18.0 Å². The first-order chi connectivity index (χ1) is 13.8. The summed E-state index contributed by atoms with van der Waals surface area (Å²) in [6.45, 7) is 0.370. The Bertz CT molecular complexity index is 946. The largest absolute Gasteiger partial charge is 0.496 e. The first-order valence-electron chi connectivity index (χ1n) is 9.66. The lowest BCUT2D eigenvalue weighted by molar-refractivity contribution is 0.0947. The zero-order valence-electron chi connectivity index (χ0n) is 16.0. The van der Waals surface area contributed by atoms with E-state index in [1.807, 2.05) is 24.3 Å². The molecule has 6 heteroatoms. The van der Waals surface area contributed by atoms with Crippen LogP contribution in [0.1, 0.15) is 47.8 Å². The van der Waals surface area contributed by atoms with Gasteiger partial charge in [-0.1, -0.05) is 25.0 Å². The van der Waals surface area contributed by atoms with Gasteiger partial charge in [0.1, 0.15) is 5.75 Å². The van der Waals surface area contributed by atoms with E-state index in [9.17, 15) is 4.79 Å². The van der Waals surface area contributed by atoms with Crippen LogP contribution in [0.25, 0.3) is 11.3 Å². The summed E-state index contributed by atoms with van der Waals surface area (Å²) in [5.74, 6) is 0.396. The minimum Gasteiger partial charge on any atom is -0.496 e. The Morgan fingerprint density at radius 1 is 1.18 bits per heavy atom. The van der Waals surface area contributed by atoms with E-state index in [1.165, 1.54) is 12.8 Å². The average Bonchev–Trinajstić information content (AvgIpc) is 3.42. The number of amides is 1. The Morgan fingerprint density at radius 3 is 2.68 bits per heavy atom. The highest BCUT2D eigenvalue weighted by Crippen LogP contribution is 2.33. The fraction of sp³-hybridized carbons (Fsp3) is 0.318. The number of benzene rings is 1. The van der Waals surface area contributed by atoms with Crippen molar-refractivity contribution >= 4 is 5.91 Å². The van der Waals surface area contributed by atoms with Crippen molar-refractivity contribution in [2.45, 2.75) is 38.3 Å². The van der Waals surface area contributed by atoms with Gasteiger partial charge in [-0.3, -0.25) is 14.5 Å². The number of methoxy groups -OCH3 is 1. The molecule has 0 saturated heterocycles. The van der Waals surface area contributed by atoms with Crippen molar-refractivity contribution in [1.82, 2.24) is 20.1 Å². The maximum atomic E-state index is 12.6. The lowest BCUT2D eigenvalue weighted by Crippen LogP contribution is -2.23. The summed E-state index contributed by atoms with van der Waals surface area (Å²) in [5.41, 5.74) is 3.55. The van der Waals surface area contributed by atoms with Crippen LogP contribution in [-0.4, -0.2) is 27.8 Å². The molecular weight excluding hydrogens is 352 g/mol. The van der Waals surface area contributed by atoms with E-state index in [4.69, 9.17) is 9.84 Å². The quantitative estimate of drug-likeness (QED) is 0.706. The number of hydrogen-bond donors (Lipinski definition) is 1. The average molecular weight is 376 g/mol. The summed E-state index contributed by atoms with van der Waals surface area (Å²) in [7, 11) is 1.57. The maximum absolute atomic E-state index is 12.6. The summed E-state index contributed by atoms with van der Waals surface area (Å²) in [6.07, 6.45) is 8.36. The minimum absolute atomic E-state index is 0.168. The molecule has 0 radical (unpaired) electrons. The molecule has 1 aliphatic rings. The van der Waals surface area contributed by atoms with E-state index >= 15 is 0 Å². The maximum Gasteiger partial charge on any atom is 0.255 e. The molecule has 1 fully saturated rings. The van der Waals surface area contributed by atoms with E-state index in [0.29, 0.717) is 23.9 Å². The molecule has 0 unspecified atom stereocenters. The van der Waals surface area contributed by atoms with Gasteiger partial charge in [0.25, 0.3) is 5.91 Å². The van der Waals surface area contributed by atoms with Crippen LogP contribution in [-0.2, 0) is 6.54 Å². The Labute approximate surface area is 164 Å². The van der Waals surface area contributed by atoms with Gasteiger partial charge >= 0.3 is 0 Å². The predicted molar refractivity (Wildman–Crippen MR) is 107 cm³/mol. The highest BCUT2D eigenvalue weighted by Gasteiger charge is 2.22. The van der Waals surface area contributed by atoms with Gasteiger partial charge in [-0.25, -0.2) is 0 Å². The predicted octanol–water partition coefficient (Wildman–Crippen LogP) is 4.00. The van der Waals surface area contributed by atoms with E-state index < -0.39 is 0 Å². The number of nitrogens with zero attached hydrogens (tertiary/aromatic N) is 3. The van der Waals surface area contributed by atoms with Gasteiger partial charge in [-0.05, 0) is 43.2 Å². The third kappa shape index (κ3) is 3.76. The smallest absolute Gasteiger partial charge is 0.255 e. The van der Waals surface area contributed by atoms with Gasteiger partial charge in [0.05, 0.1) is 36.6 Å². The van der Waals surface area contributed by atoms with Crippen molar-refractivity contribution in [2.75, 3.05) is 7.11 Å². The first kappa shape index (κ1) is 18.2. The molecule has 2 heterocycles. The lowest BCUT2D eigenvalue weighted by Gasteiger charge is -2.14. The third-order valence-electron chi connectivity index (χ3n) is 5.21. The number of rotatable bonds is 6. The molecule has 0 spiro atoms. The van der Waals surface area contributed by atoms with E-state index in [2.05, 4.69) is 21.0 Å². The van der Waals surface area contributed by atoms with Crippen LogP contribution in [0.15, 0.2) is 54.9 Å².